The van der Waals surface area contributed by atoms with E-state index in [1.165, 1.54) is 4.31 Å². The molecule has 0 aromatic heterocycles. The van der Waals surface area contributed by atoms with Crippen LogP contribution in [0.25, 0.3) is 0 Å². The summed E-state index contributed by atoms with van der Waals surface area (Å²) in [6.45, 7) is 5.49. The molecule has 0 saturated heterocycles. The summed E-state index contributed by atoms with van der Waals surface area (Å²) in [5.74, 6) is 0. The second kappa shape index (κ2) is 7.35. The molecule has 0 saturated carbocycles. The molecular formula is C15H27N3O2S. The summed E-state index contributed by atoms with van der Waals surface area (Å²) in [5, 5.41) is 0. The van der Waals surface area contributed by atoms with E-state index in [4.69, 9.17) is 5.73 Å². The first-order chi connectivity index (χ1) is 9.70. The zero-order chi connectivity index (χ0) is 16.2. The molecule has 0 radical (unpaired) electrons. The van der Waals surface area contributed by atoms with Crippen LogP contribution in [0.3, 0.4) is 0 Å². The number of hydrogen-bond donors (Lipinski definition) is 1. The van der Waals surface area contributed by atoms with E-state index in [1.54, 1.807) is 13.1 Å². The van der Waals surface area contributed by atoms with Crippen LogP contribution in [0.5, 0.6) is 0 Å². The monoisotopic (exact) mass is 313 g/mol. The lowest BCUT2D eigenvalue weighted by molar-refractivity contribution is 0.370. The predicted molar refractivity (Wildman–Crippen MR) is 86.8 cm³/mol. The molecule has 0 aliphatic carbocycles. The maximum absolute atomic E-state index is 12.7. The molecule has 1 aromatic rings. The Bertz CT molecular complexity index is 583. The number of hydrogen-bond acceptors (Lipinski definition) is 4. The fraction of sp³-hybridized carbons (Fsp3) is 0.600. The van der Waals surface area contributed by atoms with E-state index in [0.717, 1.165) is 29.7 Å². The maximum atomic E-state index is 12.7. The van der Waals surface area contributed by atoms with E-state index in [1.807, 2.05) is 38.9 Å². The Kier molecular flexibility index (Phi) is 6.34. The van der Waals surface area contributed by atoms with Crippen molar-refractivity contribution >= 4 is 10.0 Å². The predicted octanol–water partition coefficient (Wildman–Crippen LogP) is 1.33. The molecule has 0 bridgehead atoms. The van der Waals surface area contributed by atoms with Crippen molar-refractivity contribution in [2.24, 2.45) is 5.73 Å². The zero-order valence-corrected chi connectivity index (χ0v) is 14.5. The molecule has 6 heteroatoms. The molecule has 1 aromatic carbocycles. The second-order valence-corrected chi connectivity index (χ2v) is 7.75. The molecular weight excluding hydrogens is 286 g/mol. The Morgan fingerprint density at radius 2 is 1.67 bits per heavy atom. The lowest BCUT2D eigenvalue weighted by Crippen LogP contribution is -2.30. The van der Waals surface area contributed by atoms with Crippen molar-refractivity contribution in [1.82, 2.24) is 9.21 Å². The van der Waals surface area contributed by atoms with Crippen LogP contribution in [0, 0.1) is 13.8 Å². The van der Waals surface area contributed by atoms with Gasteiger partial charge in [-0.2, -0.15) is 0 Å². The highest BCUT2D eigenvalue weighted by Gasteiger charge is 2.23. The lowest BCUT2D eigenvalue weighted by Gasteiger charge is -2.20. The van der Waals surface area contributed by atoms with Gasteiger partial charge in [-0.05, 0) is 63.7 Å². The Labute approximate surface area is 128 Å². The molecule has 0 fully saturated rings. The number of sulfonamides is 1. The maximum Gasteiger partial charge on any atom is 0.243 e. The van der Waals surface area contributed by atoms with Gasteiger partial charge in [0.15, 0.2) is 0 Å². The zero-order valence-electron chi connectivity index (χ0n) is 13.7. The largest absolute Gasteiger partial charge is 0.326 e. The van der Waals surface area contributed by atoms with Gasteiger partial charge in [0.25, 0.3) is 0 Å². The van der Waals surface area contributed by atoms with E-state index in [2.05, 4.69) is 0 Å². The van der Waals surface area contributed by atoms with E-state index >= 15 is 0 Å². The van der Waals surface area contributed by atoms with E-state index < -0.39 is 10.0 Å². The number of rotatable bonds is 7. The first-order valence-corrected chi connectivity index (χ1v) is 8.55. The average Bonchev–Trinajstić information content (AvgIpc) is 2.37. The molecule has 0 aliphatic heterocycles. The van der Waals surface area contributed by atoms with E-state index in [-0.39, 0.29) is 0 Å². The molecule has 0 atom stereocenters. The molecule has 1 rings (SSSR count). The normalized spacial score (nSPS) is 12.4. The molecule has 0 amide bonds. The quantitative estimate of drug-likeness (QED) is 0.825. The summed E-state index contributed by atoms with van der Waals surface area (Å²) < 4.78 is 26.8. The highest BCUT2D eigenvalue weighted by Crippen LogP contribution is 2.23. The summed E-state index contributed by atoms with van der Waals surface area (Å²) in [6.07, 6.45) is 0.803. The van der Waals surface area contributed by atoms with Gasteiger partial charge in [-0.15, -0.1) is 0 Å². The molecule has 0 aliphatic rings. The van der Waals surface area contributed by atoms with E-state index in [0.29, 0.717) is 18.0 Å². The van der Waals surface area contributed by atoms with Gasteiger partial charge in [0.05, 0.1) is 4.90 Å². The van der Waals surface area contributed by atoms with Crippen LogP contribution in [0.1, 0.15) is 23.1 Å². The average molecular weight is 313 g/mol. The lowest BCUT2D eigenvalue weighted by atomic mass is 10.1. The molecule has 0 spiro atoms. The minimum atomic E-state index is -3.46. The van der Waals surface area contributed by atoms with Crippen molar-refractivity contribution in [2.45, 2.75) is 31.7 Å². The third-order valence-corrected chi connectivity index (χ3v) is 5.62. The van der Waals surface area contributed by atoms with Crippen LogP contribution in [0.2, 0.25) is 0 Å². The Morgan fingerprint density at radius 1 is 1.05 bits per heavy atom. The van der Waals surface area contributed by atoms with Crippen molar-refractivity contribution in [2.75, 3.05) is 34.2 Å². The van der Waals surface area contributed by atoms with Crippen LogP contribution >= 0.6 is 0 Å². The van der Waals surface area contributed by atoms with Crippen molar-refractivity contribution in [3.63, 3.8) is 0 Å². The third kappa shape index (κ3) is 4.51. The number of benzene rings is 1. The minimum Gasteiger partial charge on any atom is -0.326 e. The van der Waals surface area contributed by atoms with Crippen LogP contribution in [0.15, 0.2) is 17.0 Å². The molecule has 21 heavy (non-hydrogen) atoms. The van der Waals surface area contributed by atoms with E-state index in [9.17, 15) is 8.42 Å². The summed E-state index contributed by atoms with van der Waals surface area (Å²) in [6, 6.07) is 3.60. The summed E-state index contributed by atoms with van der Waals surface area (Å²) in [5.41, 5.74) is 8.36. The summed E-state index contributed by atoms with van der Waals surface area (Å²) >= 11 is 0. The smallest absolute Gasteiger partial charge is 0.243 e. The topological polar surface area (TPSA) is 66.6 Å². The SMILES string of the molecule is Cc1cc(C)c(S(=O)(=O)N(C)CCCN(C)C)cc1CN. The Balaban J connectivity index is 3.02. The fourth-order valence-corrected chi connectivity index (χ4v) is 3.73. The number of aryl methyl sites for hydroxylation is 2. The standard InChI is InChI=1S/C15H27N3O2S/c1-12-9-13(2)15(10-14(12)11-16)21(19,20)18(5)8-6-7-17(3)4/h9-10H,6-8,11,16H2,1-5H3. The number of nitrogens with two attached hydrogens (primary N) is 1. The van der Waals surface area contributed by atoms with Crippen molar-refractivity contribution < 1.29 is 8.42 Å². The van der Waals surface area contributed by atoms with Gasteiger partial charge in [0.2, 0.25) is 10.0 Å². The first kappa shape index (κ1) is 18.1. The van der Waals surface area contributed by atoms with Gasteiger partial charge in [-0.3, -0.25) is 0 Å². The van der Waals surface area contributed by atoms with Gasteiger partial charge in [0.1, 0.15) is 0 Å². The molecule has 0 heterocycles. The Hall–Kier alpha value is -0.950. The van der Waals surface area contributed by atoms with Gasteiger partial charge in [-0.25, -0.2) is 12.7 Å². The van der Waals surface area contributed by atoms with Crippen molar-refractivity contribution in [3.05, 3.63) is 28.8 Å². The second-order valence-electron chi connectivity index (χ2n) is 5.73. The summed E-state index contributed by atoms with van der Waals surface area (Å²) in [4.78, 5) is 2.41. The summed E-state index contributed by atoms with van der Waals surface area (Å²) in [7, 11) is 2.13. The van der Waals surface area contributed by atoms with Crippen molar-refractivity contribution in [3.8, 4) is 0 Å². The highest BCUT2D eigenvalue weighted by atomic mass is 32.2. The van der Waals surface area contributed by atoms with Crippen LogP contribution in [-0.4, -0.2) is 51.9 Å². The van der Waals surface area contributed by atoms with Gasteiger partial charge < -0.3 is 10.6 Å². The minimum absolute atomic E-state index is 0.346. The Morgan fingerprint density at radius 3 is 2.19 bits per heavy atom. The molecule has 5 nitrogen and oxygen atoms in total. The molecule has 2 N–H and O–H groups in total. The van der Waals surface area contributed by atoms with Crippen LogP contribution in [0.4, 0.5) is 0 Å². The molecule has 120 valence electrons. The number of nitrogens with zero attached hydrogens (tertiary/aromatic N) is 2. The van der Waals surface area contributed by atoms with Gasteiger partial charge >= 0.3 is 0 Å². The molecule has 0 unspecified atom stereocenters. The fourth-order valence-electron chi connectivity index (χ4n) is 2.27. The third-order valence-electron chi connectivity index (χ3n) is 3.62. The van der Waals surface area contributed by atoms with Gasteiger partial charge in [-0.1, -0.05) is 6.07 Å². The van der Waals surface area contributed by atoms with Crippen LogP contribution < -0.4 is 5.73 Å². The van der Waals surface area contributed by atoms with Crippen molar-refractivity contribution in [1.29, 1.82) is 0 Å². The highest BCUT2D eigenvalue weighted by molar-refractivity contribution is 7.89. The van der Waals surface area contributed by atoms with Gasteiger partial charge in [0, 0.05) is 20.1 Å². The first-order valence-electron chi connectivity index (χ1n) is 7.11. The van der Waals surface area contributed by atoms with Crippen LogP contribution in [-0.2, 0) is 16.6 Å².